The molecule has 0 heterocycles. The van der Waals surface area contributed by atoms with E-state index in [-0.39, 0.29) is 0 Å². The molecule has 0 aliphatic rings. The quantitative estimate of drug-likeness (QED) is 0.353. The van der Waals surface area contributed by atoms with Gasteiger partial charge >= 0.3 is 82.3 Å². The van der Waals surface area contributed by atoms with E-state index < -0.39 is 51.0 Å². The third-order valence-corrected chi connectivity index (χ3v) is 25.1. The topological polar surface area (TPSA) is 0 Å². The van der Waals surface area contributed by atoms with E-state index in [1.807, 2.05) is 0 Å². The molecule has 0 amide bonds. The maximum atomic E-state index is 11.8. The third-order valence-electron chi connectivity index (χ3n) is 0.610. The average molecular weight is 439 g/mol. The van der Waals surface area contributed by atoms with Crippen LogP contribution in [-0.2, 0) is 0 Å². The van der Waals surface area contributed by atoms with Crippen molar-refractivity contribution in [1.29, 1.82) is 0 Å². The molecule has 0 unspecified atom stereocenters. The summed E-state index contributed by atoms with van der Waals surface area (Å²) in [5.41, 5.74) is -3.66. The van der Waals surface area contributed by atoms with Crippen LogP contribution in [0.4, 0.5) is 26.3 Å². The molecule has 0 bridgehead atoms. The molecule has 0 radical (unpaired) electrons. The van der Waals surface area contributed by atoms with Crippen molar-refractivity contribution in [1.82, 2.24) is 0 Å². The molecule has 0 nitrogen and oxygen atoms in total. The fourth-order valence-electron chi connectivity index (χ4n) is 0.303. The van der Waals surface area contributed by atoms with Crippen LogP contribution in [-0.4, -0.2) is 45.4 Å². The van der Waals surface area contributed by atoms with Crippen molar-refractivity contribution in [2.45, 2.75) is 16.8 Å². The molecular weight excluding hydrogens is 436 g/mol. The first-order valence-electron chi connectivity index (χ1n) is 2.34. The second-order valence-electron chi connectivity index (χ2n) is 1.47. The predicted octanol–water partition coefficient (Wildman–Crippen LogP) is 2.79. The maximum absolute atomic E-state index is 11.8. The second kappa shape index (κ2) is 4.89. The van der Waals surface area contributed by atoms with Gasteiger partial charge in [-0.3, -0.25) is 0 Å². The molecule has 0 aliphatic carbocycles. The second-order valence-corrected chi connectivity index (χ2v) is 23.5. The van der Waals surface area contributed by atoms with E-state index in [2.05, 4.69) is 0 Å². The van der Waals surface area contributed by atoms with Gasteiger partial charge < -0.3 is 0 Å². The molecule has 0 aromatic rings. The number of hydrogen-bond donors (Lipinski definition) is 0. The van der Waals surface area contributed by atoms with Crippen LogP contribution in [0.1, 0.15) is 0 Å². The van der Waals surface area contributed by atoms with Crippen molar-refractivity contribution >= 4 is 39.2 Å². The van der Waals surface area contributed by atoms with Gasteiger partial charge in [-0.15, -0.1) is 0 Å². The van der Waals surface area contributed by atoms with Gasteiger partial charge in [-0.05, 0) is 0 Å². The molecule has 0 spiro atoms. The zero-order chi connectivity index (χ0) is 9.99. The average Bonchev–Trinajstić information content (AvgIpc) is 1.77. The van der Waals surface area contributed by atoms with Crippen LogP contribution in [0.15, 0.2) is 0 Å². The molecular formula is C3H3F6PTe2. The molecule has 0 aromatic carbocycles. The van der Waals surface area contributed by atoms with E-state index in [0.717, 1.165) is 0 Å². The van der Waals surface area contributed by atoms with Crippen LogP contribution in [0, 0.1) is 0 Å². The Morgan fingerprint density at radius 1 is 0.917 bits per heavy atom. The summed E-state index contributed by atoms with van der Waals surface area (Å²) in [4.78, 5) is 1.49. The summed E-state index contributed by atoms with van der Waals surface area (Å²) in [5, 5.41) is 0. The summed E-state index contributed by atoms with van der Waals surface area (Å²) in [5.74, 6) is -10.0. The Hall–Kier alpha value is 1.59. The normalized spacial score (nSPS) is 14.0. The molecule has 0 N–H and O–H groups in total. The molecule has 0 rings (SSSR count). The molecule has 0 atom stereocenters. The van der Waals surface area contributed by atoms with Crippen LogP contribution in [0.3, 0.4) is 0 Å². The van der Waals surface area contributed by atoms with Crippen molar-refractivity contribution < 1.29 is 26.3 Å². The van der Waals surface area contributed by atoms with Crippen LogP contribution in [0.5, 0.6) is 0 Å². The van der Waals surface area contributed by atoms with E-state index >= 15 is 0 Å². The Morgan fingerprint density at radius 2 is 1.25 bits per heavy atom. The predicted molar refractivity (Wildman–Crippen MR) is 36.4 cm³/mol. The summed E-state index contributed by atoms with van der Waals surface area (Å²) < 4.78 is 70.6. The Morgan fingerprint density at radius 3 is 1.33 bits per heavy atom. The molecule has 0 aliphatic heterocycles. The summed E-state index contributed by atoms with van der Waals surface area (Å²) in [6, 6.07) is 0. The van der Waals surface area contributed by atoms with Gasteiger partial charge in [0.1, 0.15) is 0 Å². The first-order chi connectivity index (χ1) is 5.19. The minimum absolute atomic E-state index is 1.00. The number of hydrogen-bond acceptors (Lipinski definition) is 0. The fraction of sp³-hybridized carbons (Fsp3) is 1.00. The number of rotatable bonds is 2. The van der Waals surface area contributed by atoms with E-state index in [0.29, 0.717) is 0 Å². The van der Waals surface area contributed by atoms with Crippen molar-refractivity contribution in [2.24, 2.45) is 0 Å². The van der Waals surface area contributed by atoms with E-state index in [1.54, 1.807) is 0 Å². The van der Waals surface area contributed by atoms with E-state index in [1.165, 1.54) is 4.97 Å². The summed E-state index contributed by atoms with van der Waals surface area (Å²) >= 11 is -2.85. The fourth-order valence-corrected chi connectivity index (χ4v) is 21.9. The minimum atomic E-state index is -5.02. The van der Waals surface area contributed by atoms with Crippen LogP contribution >= 0.6 is 5.61 Å². The van der Waals surface area contributed by atoms with Crippen LogP contribution in [0.2, 0.25) is 4.97 Å². The molecule has 0 saturated heterocycles. The monoisotopic (exact) mass is 444 g/mol. The van der Waals surface area contributed by atoms with Gasteiger partial charge in [-0.2, -0.15) is 0 Å². The van der Waals surface area contributed by atoms with Gasteiger partial charge in [0.05, 0.1) is 0 Å². The van der Waals surface area contributed by atoms with Gasteiger partial charge in [-0.25, -0.2) is 0 Å². The van der Waals surface area contributed by atoms with E-state index in [9.17, 15) is 26.3 Å². The Labute approximate surface area is 81.9 Å². The summed E-state index contributed by atoms with van der Waals surface area (Å²) in [6.07, 6.45) is 0. The Balaban J connectivity index is 4.45. The van der Waals surface area contributed by atoms with Crippen molar-refractivity contribution in [3.8, 4) is 0 Å². The van der Waals surface area contributed by atoms with Gasteiger partial charge in [0.25, 0.3) is 0 Å². The first-order valence-corrected chi connectivity index (χ1v) is 16.4. The van der Waals surface area contributed by atoms with Crippen molar-refractivity contribution in [2.75, 3.05) is 0 Å². The molecule has 0 fully saturated rings. The SMILES string of the molecule is C[Te][Te]P(C(F)(F)F)C(F)(F)F. The first kappa shape index (κ1) is 13.6. The summed E-state index contributed by atoms with van der Waals surface area (Å²) in [7, 11) is 0. The number of alkyl halides is 6. The van der Waals surface area contributed by atoms with Gasteiger partial charge in [0.15, 0.2) is 0 Å². The van der Waals surface area contributed by atoms with Gasteiger partial charge in [0, 0.05) is 0 Å². The van der Waals surface area contributed by atoms with Crippen LogP contribution < -0.4 is 0 Å². The van der Waals surface area contributed by atoms with E-state index in [4.69, 9.17) is 0 Å². The van der Waals surface area contributed by atoms with Crippen LogP contribution in [0.25, 0.3) is 0 Å². The molecule has 0 saturated carbocycles. The van der Waals surface area contributed by atoms with Crippen molar-refractivity contribution in [3.05, 3.63) is 0 Å². The zero-order valence-electron chi connectivity index (χ0n) is 5.53. The Bertz CT molecular complexity index is 127. The Kier molecular flexibility index (Phi) is 5.54. The number of halogens is 6. The zero-order valence-corrected chi connectivity index (χ0v) is 11.1. The van der Waals surface area contributed by atoms with Crippen molar-refractivity contribution in [3.63, 3.8) is 0 Å². The molecule has 9 heteroatoms. The van der Waals surface area contributed by atoms with Gasteiger partial charge in [-0.1, -0.05) is 0 Å². The standard InChI is InChI=1S/C3H3F6PTe2/c1-11-12-10(2(4,5)6)3(7,8)9/h1H3. The summed E-state index contributed by atoms with van der Waals surface area (Å²) in [6.45, 7) is 0. The molecule has 0 aromatic heterocycles. The van der Waals surface area contributed by atoms with Gasteiger partial charge in [0.2, 0.25) is 0 Å². The third kappa shape index (κ3) is 4.72. The molecule has 74 valence electrons. The molecule has 12 heavy (non-hydrogen) atoms.